The normalized spacial score (nSPS) is 14.4. The molecule has 0 saturated heterocycles. The molecule has 0 aromatic carbocycles. The monoisotopic (exact) mass is 302 g/mol. The Kier molecular flexibility index (Phi) is 3.80. The molecule has 0 N–H and O–H groups in total. The summed E-state index contributed by atoms with van der Waals surface area (Å²) in [4.78, 5) is 0.874. The van der Waals surface area contributed by atoms with Crippen LogP contribution in [0.3, 0.4) is 0 Å². The van der Waals surface area contributed by atoms with Gasteiger partial charge in [0.25, 0.3) is 0 Å². The Morgan fingerprint density at radius 2 is 2.23 bits per heavy atom. The largest absolute Gasteiger partial charge is 0.229 e. The van der Waals surface area contributed by atoms with Gasteiger partial charge in [-0.05, 0) is 28.1 Å². The van der Waals surface area contributed by atoms with Gasteiger partial charge in [0.2, 0.25) is 0 Å². The Bertz CT molecular complexity index is 385. The second kappa shape index (κ2) is 4.29. The molecule has 0 bridgehead atoms. The van der Waals surface area contributed by atoms with E-state index >= 15 is 0 Å². The molecule has 1 aromatic rings. The molecular weight excluding hydrogens is 296 g/mol. The van der Waals surface area contributed by atoms with Gasteiger partial charge in [0, 0.05) is 11.1 Å². The average Bonchev–Trinajstić information content (AvgIpc) is 2.31. The first kappa shape index (κ1) is 11.5. The molecule has 1 aromatic heterocycles. The van der Waals surface area contributed by atoms with Gasteiger partial charge in [0.15, 0.2) is 0 Å². The molecule has 0 aliphatic heterocycles. The van der Waals surface area contributed by atoms with Crippen molar-refractivity contribution in [1.82, 2.24) is 0 Å². The van der Waals surface area contributed by atoms with Crippen molar-refractivity contribution in [3.8, 4) is 0 Å². The van der Waals surface area contributed by atoms with Crippen molar-refractivity contribution in [2.24, 2.45) is 0 Å². The number of sulfone groups is 1. The van der Waals surface area contributed by atoms with Crippen LogP contribution in [0.1, 0.15) is 10.3 Å². The average molecular weight is 304 g/mol. The summed E-state index contributed by atoms with van der Waals surface area (Å²) < 4.78 is 22.8. The van der Waals surface area contributed by atoms with Gasteiger partial charge in [0.1, 0.15) is 9.84 Å². The number of hydrogen-bond donors (Lipinski definition) is 0. The van der Waals surface area contributed by atoms with Crippen LogP contribution in [0.15, 0.2) is 15.9 Å². The van der Waals surface area contributed by atoms with Crippen molar-refractivity contribution in [2.45, 2.75) is 5.38 Å². The van der Waals surface area contributed by atoms with Crippen molar-refractivity contribution >= 4 is 48.7 Å². The third-order valence-corrected chi connectivity index (χ3v) is 4.73. The van der Waals surface area contributed by atoms with Crippen LogP contribution >= 0.6 is 38.9 Å². The van der Waals surface area contributed by atoms with Crippen LogP contribution in [0.4, 0.5) is 0 Å². The van der Waals surface area contributed by atoms with E-state index in [1.807, 2.05) is 12.1 Å². The Balaban J connectivity index is 2.75. The van der Waals surface area contributed by atoms with Crippen LogP contribution in [-0.2, 0) is 9.84 Å². The van der Waals surface area contributed by atoms with Gasteiger partial charge in [0.05, 0.1) is 14.9 Å². The molecule has 0 fully saturated rings. The number of alkyl halides is 1. The maximum Gasteiger partial charge on any atom is 0.149 e. The minimum Gasteiger partial charge on any atom is -0.229 e. The van der Waals surface area contributed by atoms with Gasteiger partial charge in [-0.15, -0.1) is 22.9 Å². The lowest BCUT2D eigenvalue weighted by atomic mass is 10.4. The summed E-state index contributed by atoms with van der Waals surface area (Å²) >= 11 is 10.7. The van der Waals surface area contributed by atoms with E-state index in [0.717, 1.165) is 8.66 Å². The first-order chi connectivity index (χ1) is 5.88. The van der Waals surface area contributed by atoms with E-state index < -0.39 is 15.2 Å². The second-order valence-electron chi connectivity index (χ2n) is 2.70. The summed E-state index contributed by atoms with van der Waals surface area (Å²) in [6, 6.07) is 3.69. The topological polar surface area (TPSA) is 34.1 Å². The summed E-state index contributed by atoms with van der Waals surface area (Å²) in [6.07, 6.45) is 1.19. The molecule has 0 aliphatic rings. The first-order valence-corrected chi connectivity index (χ1v) is 7.56. The van der Waals surface area contributed by atoms with Crippen molar-refractivity contribution in [2.75, 3.05) is 12.0 Å². The van der Waals surface area contributed by atoms with Crippen LogP contribution in [0.5, 0.6) is 0 Å². The molecular formula is C7H8BrClO2S2. The maximum absolute atomic E-state index is 10.9. The first-order valence-electron chi connectivity index (χ1n) is 3.45. The van der Waals surface area contributed by atoms with Gasteiger partial charge >= 0.3 is 0 Å². The Morgan fingerprint density at radius 3 is 2.62 bits per heavy atom. The fraction of sp³-hybridized carbons (Fsp3) is 0.429. The van der Waals surface area contributed by atoms with E-state index in [9.17, 15) is 8.42 Å². The van der Waals surface area contributed by atoms with E-state index in [-0.39, 0.29) is 5.75 Å². The smallest absolute Gasteiger partial charge is 0.149 e. The van der Waals surface area contributed by atoms with Gasteiger partial charge in [-0.2, -0.15) is 0 Å². The highest BCUT2D eigenvalue weighted by Crippen LogP contribution is 2.31. The van der Waals surface area contributed by atoms with Crippen molar-refractivity contribution in [3.05, 3.63) is 20.8 Å². The number of rotatable bonds is 3. The zero-order chi connectivity index (χ0) is 10.1. The predicted molar refractivity (Wildman–Crippen MR) is 60.3 cm³/mol. The highest BCUT2D eigenvalue weighted by molar-refractivity contribution is 9.11. The molecule has 0 spiro atoms. The summed E-state index contributed by atoms with van der Waals surface area (Å²) in [5.41, 5.74) is 0. The SMILES string of the molecule is CS(=O)(=O)CC(Cl)c1ccc(Br)s1. The minimum absolute atomic E-state index is 0.0124. The Labute approximate surface area is 95.0 Å². The Hall–Kier alpha value is 0.420. The molecule has 0 saturated carbocycles. The zero-order valence-electron chi connectivity index (χ0n) is 6.83. The summed E-state index contributed by atoms with van der Waals surface area (Å²) in [7, 11) is -3.00. The minimum atomic E-state index is -3.00. The number of hydrogen-bond acceptors (Lipinski definition) is 3. The highest BCUT2D eigenvalue weighted by atomic mass is 79.9. The summed E-state index contributed by atoms with van der Waals surface area (Å²) in [5, 5.41) is -0.439. The van der Waals surface area contributed by atoms with Crippen LogP contribution < -0.4 is 0 Å². The lowest BCUT2D eigenvalue weighted by molar-refractivity contribution is 0.600. The van der Waals surface area contributed by atoms with Crippen LogP contribution in [0, 0.1) is 0 Å². The fourth-order valence-corrected chi connectivity index (χ4v) is 3.96. The predicted octanol–water partition coefficient (Wildman–Crippen LogP) is 2.84. The van der Waals surface area contributed by atoms with E-state index in [1.54, 1.807) is 0 Å². The van der Waals surface area contributed by atoms with E-state index in [1.165, 1.54) is 17.6 Å². The molecule has 2 nitrogen and oxygen atoms in total. The Morgan fingerprint density at radius 1 is 1.62 bits per heavy atom. The van der Waals surface area contributed by atoms with Crippen molar-refractivity contribution in [3.63, 3.8) is 0 Å². The van der Waals surface area contributed by atoms with E-state index in [0.29, 0.717) is 0 Å². The molecule has 0 amide bonds. The third-order valence-electron chi connectivity index (χ3n) is 1.35. The molecule has 74 valence electrons. The summed E-state index contributed by atoms with van der Waals surface area (Å²) in [6.45, 7) is 0. The van der Waals surface area contributed by atoms with Crippen LogP contribution in [0.25, 0.3) is 0 Å². The lowest BCUT2D eigenvalue weighted by Crippen LogP contribution is -2.07. The van der Waals surface area contributed by atoms with Crippen molar-refractivity contribution in [1.29, 1.82) is 0 Å². The molecule has 1 unspecified atom stereocenters. The van der Waals surface area contributed by atoms with Gasteiger partial charge in [-0.1, -0.05) is 0 Å². The molecule has 0 radical (unpaired) electrons. The standard InChI is InChI=1S/C7H8BrClO2S2/c1-13(10,11)4-5(9)6-2-3-7(8)12-6/h2-3,5H,4H2,1H3. The van der Waals surface area contributed by atoms with Crippen LogP contribution in [-0.4, -0.2) is 20.4 Å². The molecule has 13 heavy (non-hydrogen) atoms. The molecule has 1 heterocycles. The fourth-order valence-electron chi connectivity index (χ4n) is 0.845. The lowest BCUT2D eigenvalue weighted by Gasteiger charge is -2.03. The zero-order valence-corrected chi connectivity index (χ0v) is 10.8. The van der Waals surface area contributed by atoms with Crippen LogP contribution in [0.2, 0.25) is 0 Å². The molecule has 6 heteroatoms. The van der Waals surface area contributed by atoms with Gasteiger partial charge in [-0.25, -0.2) is 8.42 Å². The number of thiophene rings is 1. The van der Waals surface area contributed by atoms with Gasteiger partial charge < -0.3 is 0 Å². The quantitative estimate of drug-likeness (QED) is 0.805. The third kappa shape index (κ3) is 3.97. The van der Waals surface area contributed by atoms with E-state index in [4.69, 9.17) is 11.6 Å². The summed E-state index contributed by atoms with van der Waals surface area (Å²) in [5.74, 6) is -0.0124. The number of halogens is 2. The van der Waals surface area contributed by atoms with E-state index in [2.05, 4.69) is 15.9 Å². The van der Waals surface area contributed by atoms with Crippen molar-refractivity contribution < 1.29 is 8.42 Å². The molecule has 0 aliphatic carbocycles. The van der Waals surface area contributed by atoms with Gasteiger partial charge in [-0.3, -0.25) is 0 Å². The molecule has 1 atom stereocenters. The second-order valence-corrected chi connectivity index (χ2v) is 7.91. The maximum atomic E-state index is 10.9. The molecule has 1 rings (SSSR count). The highest BCUT2D eigenvalue weighted by Gasteiger charge is 2.16.